The van der Waals surface area contributed by atoms with Crippen LogP contribution in [0.4, 0.5) is 5.00 Å². The molecule has 114 valence electrons. The molecule has 0 aliphatic rings. The lowest BCUT2D eigenvalue weighted by Gasteiger charge is -2.03. The molecule has 3 aromatic rings. The van der Waals surface area contributed by atoms with Crippen LogP contribution in [0.25, 0.3) is 10.4 Å². The molecule has 3 rings (SSSR count). The zero-order chi connectivity index (χ0) is 16.2. The summed E-state index contributed by atoms with van der Waals surface area (Å²) in [4.78, 5) is 28.3. The van der Waals surface area contributed by atoms with Gasteiger partial charge in [-0.2, -0.15) is 0 Å². The van der Waals surface area contributed by atoms with Crippen LogP contribution in [0.3, 0.4) is 0 Å². The lowest BCUT2D eigenvalue weighted by Crippen LogP contribution is -2.13. The summed E-state index contributed by atoms with van der Waals surface area (Å²) in [5.41, 5.74) is 1.41. The molecule has 23 heavy (non-hydrogen) atoms. The summed E-state index contributed by atoms with van der Waals surface area (Å²) in [5, 5.41) is 12.3. The summed E-state index contributed by atoms with van der Waals surface area (Å²) in [7, 11) is 0. The Morgan fingerprint density at radius 2 is 1.74 bits per heavy atom. The number of carbonyl (C=O) groups excluding carboxylic acids is 1. The van der Waals surface area contributed by atoms with Crippen molar-refractivity contribution in [3.05, 3.63) is 72.1 Å². The molecule has 0 saturated carbocycles. The van der Waals surface area contributed by atoms with Gasteiger partial charge in [-0.3, -0.25) is 9.78 Å². The van der Waals surface area contributed by atoms with Gasteiger partial charge in [-0.1, -0.05) is 30.3 Å². The number of carboxylic acid groups (broad SMARTS) is 1. The molecule has 6 heteroatoms. The molecule has 2 aromatic heterocycles. The van der Waals surface area contributed by atoms with Gasteiger partial charge in [0.1, 0.15) is 5.00 Å². The number of aromatic nitrogens is 1. The highest BCUT2D eigenvalue weighted by Gasteiger charge is 2.18. The molecule has 0 saturated heterocycles. The van der Waals surface area contributed by atoms with E-state index in [-0.39, 0.29) is 11.5 Å². The quantitative estimate of drug-likeness (QED) is 0.766. The molecule has 5 nitrogen and oxygen atoms in total. The average Bonchev–Trinajstić information content (AvgIpc) is 3.00. The molecule has 1 aromatic carbocycles. The van der Waals surface area contributed by atoms with Crippen molar-refractivity contribution in [2.45, 2.75) is 0 Å². The van der Waals surface area contributed by atoms with Crippen molar-refractivity contribution in [2.24, 2.45) is 0 Å². The lowest BCUT2D eigenvalue weighted by atomic mass is 10.1. The van der Waals surface area contributed by atoms with E-state index in [2.05, 4.69) is 10.3 Å². The van der Waals surface area contributed by atoms with Crippen molar-refractivity contribution in [1.29, 1.82) is 0 Å². The monoisotopic (exact) mass is 324 g/mol. The summed E-state index contributed by atoms with van der Waals surface area (Å²) >= 11 is 1.24. The fourth-order valence-electron chi connectivity index (χ4n) is 2.07. The Hall–Kier alpha value is -2.99. The van der Waals surface area contributed by atoms with Crippen LogP contribution in [0.15, 0.2) is 60.9 Å². The number of thiophene rings is 1. The molecule has 0 atom stereocenters. The normalized spacial score (nSPS) is 10.3. The van der Waals surface area contributed by atoms with E-state index in [1.54, 1.807) is 18.2 Å². The average molecular weight is 324 g/mol. The second kappa shape index (κ2) is 6.41. The summed E-state index contributed by atoms with van der Waals surface area (Å²) < 4.78 is 0. The van der Waals surface area contributed by atoms with E-state index in [1.807, 2.05) is 30.3 Å². The number of aromatic carboxylic acids is 1. The maximum Gasteiger partial charge on any atom is 0.338 e. The lowest BCUT2D eigenvalue weighted by molar-refractivity contribution is 0.0698. The zero-order valence-electron chi connectivity index (χ0n) is 11.9. The largest absolute Gasteiger partial charge is 0.478 e. The number of rotatable bonds is 4. The summed E-state index contributed by atoms with van der Waals surface area (Å²) in [6.45, 7) is 0. The van der Waals surface area contributed by atoms with Crippen LogP contribution in [-0.4, -0.2) is 22.0 Å². The van der Waals surface area contributed by atoms with Crippen LogP contribution < -0.4 is 5.32 Å². The minimum Gasteiger partial charge on any atom is -0.478 e. The van der Waals surface area contributed by atoms with E-state index in [1.165, 1.54) is 23.7 Å². The van der Waals surface area contributed by atoms with Crippen molar-refractivity contribution in [3.8, 4) is 10.4 Å². The number of carboxylic acids is 1. The van der Waals surface area contributed by atoms with Gasteiger partial charge in [0.05, 0.1) is 5.56 Å². The molecule has 1 amide bonds. The molecule has 2 N–H and O–H groups in total. The van der Waals surface area contributed by atoms with Crippen molar-refractivity contribution in [2.75, 3.05) is 5.32 Å². The van der Waals surface area contributed by atoms with Crippen LogP contribution in [0.2, 0.25) is 0 Å². The van der Waals surface area contributed by atoms with Gasteiger partial charge >= 0.3 is 5.97 Å². The van der Waals surface area contributed by atoms with Gasteiger partial charge in [0, 0.05) is 22.8 Å². The number of nitrogens with one attached hydrogen (secondary N) is 1. The Labute approximate surface area is 136 Å². The van der Waals surface area contributed by atoms with Gasteiger partial charge in [-0.15, -0.1) is 11.3 Å². The number of hydrogen-bond acceptors (Lipinski definition) is 4. The maximum atomic E-state index is 12.2. The van der Waals surface area contributed by atoms with E-state index >= 15 is 0 Å². The highest BCUT2D eigenvalue weighted by molar-refractivity contribution is 7.20. The molecular weight excluding hydrogens is 312 g/mol. The first kappa shape index (κ1) is 14.9. The summed E-state index contributed by atoms with van der Waals surface area (Å²) in [6, 6.07) is 14.2. The van der Waals surface area contributed by atoms with Gasteiger partial charge in [-0.05, 0) is 23.8 Å². The summed E-state index contributed by atoms with van der Waals surface area (Å²) in [6.07, 6.45) is 3.02. The smallest absolute Gasteiger partial charge is 0.338 e. The molecule has 0 spiro atoms. The van der Waals surface area contributed by atoms with Gasteiger partial charge < -0.3 is 10.4 Å². The number of nitrogens with zero attached hydrogens (tertiary/aromatic N) is 1. The van der Waals surface area contributed by atoms with E-state index in [4.69, 9.17) is 0 Å². The van der Waals surface area contributed by atoms with Gasteiger partial charge in [0.25, 0.3) is 5.91 Å². The van der Waals surface area contributed by atoms with Crippen LogP contribution in [0.1, 0.15) is 20.7 Å². The zero-order valence-corrected chi connectivity index (χ0v) is 12.7. The van der Waals surface area contributed by atoms with Crippen LogP contribution in [0.5, 0.6) is 0 Å². The fourth-order valence-corrected chi connectivity index (χ4v) is 3.12. The molecule has 0 aliphatic carbocycles. The minimum absolute atomic E-state index is 0.0799. The number of pyridine rings is 1. The second-order valence-corrected chi connectivity index (χ2v) is 5.77. The Morgan fingerprint density at radius 3 is 2.39 bits per heavy atom. The first-order chi connectivity index (χ1) is 11.1. The third kappa shape index (κ3) is 3.27. The van der Waals surface area contributed by atoms with E-state index in [0.717, 1.165) is 10.4 Å². The van der Waals surface area contributed by atoms with Crippen molar-refractivity contribution >= 4 is 28.2 Å². The van der Waals surface area contributed by atoms with Crippen LogP contribution >= 0.6 is 11.3 Å². The molecule has 0 aliphatic heterocycles. The highest BCUT2D eigenvalue weighted by atomic mass is 32.1. The fraction of sp³-hybridized carbons (Fsp3) is 0. The minimum atomic E-state index is -1.08. The number of anilines is 1. The molecular formula is C17H12N2O3S. The van der Waals surface area contributed by atoms with Gasteiger partial charge in [-0.25, -0.2) is 4.79 Å². The van der Waals surface area contributed by atoms with E-state index < -0.39 is 5.97 Å². The SMILES string of the molecule is O=C(Nc1sc(-c2ccccc2)cc1C(=O)O)c1ccncc1. The number of hydrogen-bond donors (Lipinski definition) is 2. The van der Waals surface area contributed by atoms with Crippen LogP contribution in [0, 0.1) is 0 Å². The molecule has 0 radical (unpaired) electrons. The Kier molecular flexibility index (Phi) is 4.16. The number of amides is 1. The second-order valence-electron chi connectivity index (χ2n) is 4.71. The van der Waals surface area contributed by atoms with Crippen LogP contribution in [-0.2, 0) is 0 Å². The first-order valence-electron chi connectivity index (χ1n) is 6.79. The van der Waals surface area contributed by atoms with Crippen molar-refractivity contribution < 1.29 is 14.7 Å². The first-order valence-corrected chi connectivity index (χ1v) is 7.61. The van der Waals surface area contributed by atoms with Gasteiger partial charge in [0.2, 0.25) is 0 Å². The van der Waals surface area contributed by atoms with Crippen molar-refractivity contribution in [1.82, 2.24) is 4.98 Å². The van der Waals surface area contributed by atoms with E-state index in [9.17, 15) is 14.7 Å². The third-order valence-corrected chi connectivity index (χ3v) is 4.29. The maximum absolute atomic E-state index is 12.2. The van der Waals surface area contributed by atoms with Gasteiger partial charge in [0.15, 0.2) is 0 Å². The Balaban J connectivity index is 1.94. The predicted molar refractivity (Wildman–Crippen MR) is 88.9 cm³/mol. The number of carbonyl (C=O) groups is 2. The molecule has 2 heterocycles. The topological polar surface area (TPSA) is 79.3 Å². The van der Waals surface area contributed by atoms with Crippen molar-refractivity contribution in [3.63, 3.8) is 0 Å². The summed E-state index contributed by atoms with van der Waals surface area (Å²) in [5.74, 6) is -1.44. The number of benzene rings is 1. The molecule has 0 fully saturated rings. The van der Waals surface area contributed by atoms with E-state index in [0.29, 0.717) is 10.6 Å². The highest BCUT2D eigenvalue weighted by Crippen LogP contribution is 2.35. The molecule has 0 unspecified atom stereocenters. The Morgan fingerprint density at radius 1 is 1.04 bits per heavy atom. The molecule has 0 bridgehead atoms. The predicted octanol–water partition coefficient (Wildman–Crippen LogP) is 3.76. The third-order valence-electron chi connectivity index (χ3n) is 3.19. The standard InChI is InChI=1S/C17H12N2O3S/c20-15(12-6-8-18-9-7-12)19-16-13(17(21)22)10-14(23-16)11-4-2-1-3-5-11/h1-10H,(H,19,20)(H,21,22). The Bertz CT molecular complexity index is 845.